The molecule has 3 rings (SSSR count). The van der Waals surface area contributed by atoms with Crippen molar-refractivity contribution in [2.45, 2.75) is 39.0 Å². The second-order valence-corrected chi connectivity index (χ2v) is 5.35. The van der Waals surface area contributed by atoms with Gasteiger partial charge >= 0.3 is 5.97 Å². The summed E-state index contributed by atoms with van der Waals surface area (Å²) in [5.41, 5.74) is 1.84. The molecule has 0 aromatic heterocycles. The quantitative estimate of drug-likeness (QED) is 0.697. The highest BCUT2D eigenvalue weighted by molar-refractivity contribution is 5.93. The third-order valence-electron chi connectivity index (χ3n) is 4.39. The Morgan fingerprint density at radius 1 is 1.06 bits per heavy atom. The summed E-state index contributed by atoms with van der Waals surface area (Å²) < 4.78 is 5.59. The number of hydrogen-bond donors (Lipinski definition) is 0. The Balaban J connectivity index is 2.04. The van der Waals surface area contributed by atoms with E-state index in [2.05, 4.69) is 6.92 Å². The molecule has 0 radical (unpaired) electrons. The second-order valence-electron chi connectivity index (χ2n) is 5.35. The van der Waals surface area contributed by atoms with Crippen molar-refractivity contribution in [3.05, 3.63) is 41.5 Å². The van der Waals surface area contributed by atoms with E-state index in [1.807, 2.05) is 30.3 Å². The summed E-state index contributed by atoms with van der Waals surface area (Å²) in [5, 5.41) is 0. The number of ether oxygens (including phenoxy) is 1. The van der Waals surface area contributed by atoms with Crippen molar-refractivity contribution in [3.63, 3.8) is 0 Å². The number of esters is 1. The van der Waals surface area contributed by atoms with Crippen molar-refractivity contribution in [3.8, 4) is 0 Å². The van der Waals surface area contributed by atoms with E-state index >= 15 is 0 Å². The van der Waals surface area contributed by atoms with Gasteiger partial charge in [0.25, 0.3) is 0 Å². The van der Waals surface area contributed by atoms with Crippen LogP contribution < -0.4 is 0 Å². The van der Waals surface area contributed by atoms with Crippen LogP contribution in [0.3, 0.4) is 0 Å². The molecule has 1 aliphatic heterocycles. The Hall–Kier alpha value is -1.57. The van der Waals surface area contributed by atoms with Gasteiger partial charge in [-0.25, -0.2) is 0 Å². The third-order valence-corrected chi connectivity index (χ3v) is 4.39. The van der Waals surface area contributed by atoms with Gasteiger partial charge in [0.15, 0.2) is 0 Å². The Labute approximate surface area is 108 Å². The summed E-state index contributed by atoms with van der Waals surface area (Å²) in [7, 11) is 0. The van der Waals surface area contributed by atoms with Crippen molar-refractivity contribution < 1.29 is 9.53 Å². The minimum Gasteiger partial charge on any atom is -0.425 e. The lowest BCUT2D eigenvalue weighted by atomic mass is 9.70. The summed E-state index contributed by atoms with van der Waals surface area (Å²) in [6.45, 7) is 2.07. The lowest BCUT2D eigenvalue weighted by Gasteiger charge is -2.30. The fourth-order valence-corrected chi connectivity index (χ4v) is 3.24. The monoisotopic (exact) mass is 242 g/mol. The molecule has 2 heteroatoms. The Morgan fingerprint density at radius 2 is 1.72 bits per heavy atom. The largest absolute Gasteiger partial charge is 0.425 e. The molecule has 0 saturated heterocycles. The van der Waals surface area contributed by atoms with Crippen molar-refractivity contribution in [2.24, 2.45) is 5.41 Å². The van der Waals surface area contributed by atoms with E-state index in [9.17, 15) is 4.79 Å². The number of rotatable bonds is 1. The first-order valence-corrected chi connectivity index (χ1v) is 6.73. The molecule has 0 bridgehead atoms. The van der Waals surface area contributed by atoms with Crippen LogP contribution in [0.2, 0.25) is 0 Å². The molecule has 1 heterocycles. The molecule has 1 fully saturated rings. The molecule has 1 aromatic rings. The maximum absolute atomic E-state index is 12.3. The number of benzene rings is 1. The van der Waals surface area contributed by atoms with Gasteiger partial charge in [-0.05, 0) is 25.3 Å². The van der Waals surface area contributed by atoms with Gasteiger partial charge in [-0.3, -0.25) is 4.79 Å². The molecule has 0 N–H and O–H groups in total. The maximum atomic E-state index is 12.3. The molecular weight excluding hydrogens is 224 g/mol. The van der Waals surface area contributed by atoms with Gasteiger partial charge in [0.1, 0.15) is 5.76 Å². The van der Waals surface area contributed by atoms with E-state index in [-0.39, 0.29) is 11.4 Å². The molecule has 2 aliphatic rings. The summed E-state index contributed by atoms with van der Waals surface area (Å²) in [5.74, 6) is 0.765. The van der Waals surface area contributed by atoms with Crippen molar-refractivity contribution in [2.75, 3.05) is 0 Å². The van der Waals surface area contributed by atoms with Crippen LogP contribution in [0.15, 0.2) is 35.9 Å². The number of carbonyl (C=O) groups is 1. The van der Waals surface area contributed by atoms with Crippen molar-refractivity contribution in [1.82, 2.24) is 0 Å². The minimum absolute atomic E-state index is 0.0291. The molecule has 0 atom stereocenters. The zero-order chi connectivity index (χ0) is 12.6. The van der Waals surface area contributed by atoms with Crippen LogP contribution in [0.5, 0.6) is 0 Å². The molecule has 0 amide bonds. The first-order valence-electron chi connectivity index (χ1n) is 6.73. The van der Waals surface area contributed by atoms with E-state index in [0.717, 1.165) is 42.6 Å². The molecule has 2 nitrogen and oxygen atoms in total. The van der Waals surface area contributed by atoms with Gasteiger partial charge in [-0.15, -0.1) is 0 Å². The van der Waals surface area contributed by atoms with E-state index < -0.39 is 0 Å². The third kappa shape index (κ3) is 1.59. The van der Waals surface area contributed by atoms with E-state index in [1.165, 1.54) is 6.42 Å². The molecule has 1 saturated carbocycles. The molecule has 0 unspecified atom stereocenters. The summed E-state index contributed by atoms with van der Waals surface area (Å²) in [6, 6.07) is 9.96. The SMILES string of the molecule is CC1=C(c2ccccc2)OC(=O)C12CCCCC2. The van der Waals surface area contributed by atoms with Crippen LogP contribution in [0.4, 0.5) is 0 Å². The van der Waals surface area contributed by atoms with Gasteiger partial charge in [0.05, 0.1) is 5.41 Å². The Kier molecular flexibility index (Phi) is 2.73. The van der Waals surface area contributed by atoms with Gasteiger partial charge < -0.3 is 4.74 Å². The predicted octanol–water partition coefficient (Wildman–Crippen LogP) is 3.92. The van der Waals surface area contributed by atoms with Crippen molar-refractivity contribution in [1.29, 1.82) is 0 Å². The molecule has 1 aromatic carbocycles. The van der Waals surface area contributed by atoms with Gasteiger partial charge in [-0.1, -0.05) is 49.6 Å². The topological polar surface area (TPSA) is 26.3 Å². The highest BCUT2D eigenvalue weighted by Crippen LogP contribution is 2.50. The fraction of sp³-hybridized carbons (Fsp3) is 0.438. The van der Waals surface area contributed by atoms with E-state index in [4.69, 9.17) is 4.74 Å². The average Bonchev–Trinajstić information content (AvgIpc) is 2.66. The Bertz CT molecular complexity index is 493. The standard InChI is InChI=1S/C16H18O2/c1-12-14(13-8-4-2-5-9-13)18-15(17)16(12)10-6-3-7-11-16/h2,4-5,8-9H,3,6-7,10-11H2,1H3. The molecule has 94 valence electrons. The maximum Gasteiger partial charge on any atom is 0.321 e. The first-order chi connectivity index (χ1) is 8.74. The van der Waals surface area contributed by atoms with Crippen LogP contribution in [0, 0.1) is 5.41 Å². The normalized spacial score (nSPS) is 22.4. The fourth-order valence-electron chi connectivity index (χ4n) is 3.24. The Morgan fingerprint density at radius 3 is 2.39 bits per heavy atom. The minimum atomic E-state index is -0.316. The molecule has 1 aliphatic carbocycles. The number of hydrogen-bond acceptors (Lipinski definition) is 2. The van der Waals surface area contributed by atoms with Crippen LogP contribution in [0.25, 0.3) is 5.76 Å². The highest BCUT2D eigenvalue weighted by atomic mass is 16.5. The molecular formula is C16H18O2. The van der Waals surface area contributed by atoms with Crippen LogP contribution >= 0.6 is 0 Å². The van der Waals surface area contributed by atoms with Gasteiger partial charge in [0.2, 0.25) is 0 Å². The second kappa shape index (κ2) is 4.27. The molecule has 18 heavy (non-hydrogen) atoms. The summed E-state index contributed by atoms with van der Waals surface area (Å²) >= 11 is 0. The van der Waals surface area contributed by atoms with Crippen LogP contribution in [0.1, 0.15) is 44.6 Å². The van der Waals surface area contributed by atoms with E-state index in [1.54, 1.807) is 0 Å². The average molecular weight is 242 g/mol. The highest BCUT2D eigenvalue weighted by Gasteiger charge is 2.49. The summed E-state index contributed by atoms with van der Waals surface area (Å²) in [6.07, 6.45) is 5.41. The van der Waals surface area contributed by atoms with Crippen molar-refractivity contribution >= 4 is 11.7 Å². The molecule has 1 spiro atoms. The zero-order valence-corrected chi connectivity index (χ0v) is 10.7. The smallest absolute Gasteiger partial charge is 0.321 e. The van der Waals surface area contributed by atoms with Gasteiger partial charge in [-0.2, -0.15) is 0 Å². The zero-order valence-electron chi connectivity index (χ0n) is 10.7. The predicted molar refractivity (Wildman–Crippen MR) is 70.6 cm³/mol. The number of carbonyl (C=O) groups excluding carboxylic acids is 1. The van der Waals surface area contributed by atoms with Crippen LogP contribution in [-0.4, -0.2) is 5.97 Å². The lowest BCUT2D eigenvalue weighted by molar-refractivity contribution is -0.144. The first kappa shape index (κ1) is 11.5. The number of cyclic esters (lactones) is 1. The summed E-state index contributed by atoms with van der Waals surface area (Å²) in [4.78, 5) is 12.3. The van der Waals surface area contributed by atoms with Crippen LogP contribution in [-0.2, 0) is 9.53 Å². The van der Waals surface area contributed by atoms with Gasteiger partial charge in [0, 0.05) is 5.56 Å². The van der Waals surface area contributed by atoms with E-state index in [0.29, 0.717) is 0 Å². The lowest BCUT2D eigenvalue weighted by Crippen LogP contribution is -2.31.